The minimum Gasteiger partial charge on any atom is -0.506 e. The number of aromatic hydroxyl groups is 1. The molecule has 0 radical (unpaired) electrons. The second-order valence-electron chi connectivity index (χ2n) is 8.02. The molecule has 0 fully saturated rings. The zero-order valence-corrected chi connectivity index (χ0v) is 19.6. The lowest BCUT2D eigenvalue weighted by molar-refractivity contribution is -0.129. The van der Waals surface area contributed by atoms with Crippen molar-refractivity contribution in [2.24, 2.45) is 5.10 Å². The van der Waals surface area contributed by atoms with Crippen molar-refractivity contribution in [1.29, 1.82) is 0 Å². The molecule has 2 N–H and O–H groups in total. The van der Waals surface area contributed by atoms with E-state index in [-0.39, 0.29) is 22.2 Å². The number of phenolic OH excluding ortho intramolecular Hbond substituents is 1. The van der Waals surface area contributed by atoms with Gasteiger partial charge in [-0.05, 0) is 48.6 Å². The molecule has 3 rings (SSSR count). The Labute approximate surface area is 198 Å². The first-order valence-corrected chi connectivity index (χ1v) is 10.9. The predicted molar refractivity (Wildman–Crippen MR) is 132 cm³/mol. The maximum Gasteiger partial charge on any atom is 0.271 e. The number of rotatable bonds is 8. The Morgan fingerprint density at radius 1 is 1.03 bits per heavy atom. The van der Waals surface area contributed by atoms with E-state index in [0.717, 1.165) is 28.4 Å². The van der Waals surface area contributed by atoms with Crippen LogP contribution in [0.15, 0.2) is 59.7 Å². The zero-order valence-electron chi connectivity index (χ0n) is 18.9. The standard InChI is InChI=1S/C25H27ClN4O3/c1-29(2)12-13-30(3)24(32)15-17-8-9-19(21-7-5-4-6-20(17)21)16-27-28-25(33)18-10-11-23(31)22(26)14-18/h4-11,14,16,31H,12-13,15H2,1-3H3,(H,28,33)/b27-16+. The summed E-state index contributed by atoms with van der Waals surface area (Å²) in [6.07, 6.45) is 1.87. The van der Waals surface area contributed by atoms with Crippen LogP contribution in [0.3, 0.4) is 0 Å². The summed E-state index contributed by atoms with van der Waals surface area (Å²) in [5.41, 5.74) is 4.50. The summed E-state index contributed by atoms with van der Waals surface area (Å²) in [6, 6.07) is 15.8. The van der Waals surface area contributed by atoms with E-state index in [2.05, 4.69) is 10.5 Å². The quantitative estimate of drug-likeness (QED) is 0.393. The van der Waals surface area contributed by atoms with Crippen molar-refractivity contribution < 1.29 is 14.7 Å². The lowest BCUT2D eigenvalue weighted by atomic mass is 9.98. The first-order chi connectivity index (χ1) is 15.8. The van der Waals surface area contributed by atoms with E-state index >= 15 is 0 Å². The average Bonchev–Trinajstić information content (AvgIpc) is 2.80. The van der Waals surface area contributed by atoms with E-state index in [1.165, 1.54) is 18.2 Å². The molecule has 7 nitrogen and oxygen atoms in total. The van der Waals surface area contributed by atoms with Gasteiger partial charge in [0, 0.05) is 31.3 Å². The SMILES string of the molecule is CN(C)CCN(C)C(=O)Cc1ccc(/C=N/NC(=O)c2ccc(O)c(Cl)c2)c2ccccc12. The molecule has 0 saturated carbocycles. The van der Waals surface area contributed by atoms with Crippen molar-refractivity contribution in [3.63, 3.8) is 0 Å². The highest BCUT2D eigenvalue weighted by molar-refractivity contribution is 6.32. The van der Waals surface area contributed by atoms with Crippen LogP contribution in [0.25, 0.3) is 10.8 Å². The first-order valence-electron chi connectivity index (χ1n) is 10.5. The number of hydrogen-bond acceptors (Lipinski definition) is 5. The number of nitrogens with one attached hydrogen (secondary N) is 1. The molecule has 0 aliphatic heterocycles. The Kier molecular flexibility index (Phi) is 8.03. The number of carbonyl (C=O) groups excluding carboxylic acids is 2. The van der Waals surface area contributed by atoms with Crippen LogP contribution in [0.1, 0.15) is 21.5 Å². The fourth-order valence-corrected chi connectivity index (χ4v) is 3.48. The third-order valence-corrected chi connectivity index (χ3v) is 5.58. The molecule has 3 aromatic rings. The highest BCUT2D eigenvalue weighted by Crippen LogP contribution is 2.24. The maximum atomic E-state index is 12.7. The average molecular weight is 467 g/mol. The topological polar surface area (TPSA) is 85.2 Å². The smallest absolute Gasteiger partial charge is 0.271 e. The molecule has 0 saturated heterocycles. The molecule has 0 heterocycles. The molecule has 33 heavy (non-hydrogen) atoms. The zero-order chi connectivity index (χ0) is 24.0. The van der Waals surface area contributed by atoms with Gasteiger partial charge in [-0.2, -0.15) is 5.10 Å². The van der Waals surface area contributed by atoms with Gasteiger partial charge in [-0.25, -0.2) is 5.43 Å². The van der Waals surface area contributed by atoms with Crippen molar-refractivity contribution in [1.82, 2.24) is 15.2 Å². The molecule has 0 aromatic heterocycles. The predicted octanol–water partition coefficient (Wildman–Crippen LogP) is 3.53. The summed E-state index contributed by atoms with van der Waals surface area (Å²) in [6.45, 7) is 1.47. The normalized spacial score (nSPS) is 11.3. The number of halogens is 1. The molecule has 0 aliphatic rings. The van der Waals surface area contributed by atoms with Crippen LogP contribution in [0.5, 0.6) is 5.75 Å². The van der Waals surface area contributed by atoms with Crippen LogP contribution >= 0.6 is 11.6 Å². The Bertz CT molecular complexity index is 1190. The summed E-state index contributed by atoms with van der Waals surface area (Å²) in [5.74, 6) is -0.477. The van der Waals surface area contributed by atoms with Crippen LogP contribution in [0.4, 0.5) is 0 Å². The number of nitrogens with zero attached hydrogens (tertiary/aromatic N) is 3. The van der Waals surface area contributed by atoms with E-state index in [4.69, 9.17) is 11.6 Å². The fourth-order valence-electron chi connectivity index (χ4n) is 3.30. The number of benzene rings is 3. The molecule has 8 heteroatoms. The van der Waals surface area contributed by atoms with Gasteiger partial charge in [0.05, 0.1) is 17.7 Å². The molecule has 2 amide bonds. The van der Waals surface area contributed by atoms with Crippen molar-refractivity contribution in [3.05, 3.63) is 76.3 Å². The number of hydrazone groups is 1. The second kappa shape index (κ2) is 10.9. The number of carbonyl (C=O) groups is 2. The molecule has 0 aliphatic carbocycles. The summed E-state index contributed by atoms with van der Waals surface area (Å²) in [7, 11) is 5.78. The largest absolute Gasteiger partial charge is 0.506 e. The fraction of sp³-hybridized carbons (Fsp3) is 0.240. The van der Waals surface area contributed by atoms with Gasteiger partial charge < -0.3 is 14.9 Å². The minimum absolute atomic E-state index is 0.0586. The molecular weight excluding hydrogens is 440 g/mol. The Morgan fingerprint density at radius 3 is 2.45 bits per heavy atom. The van der Waals surface area contributed by atoms with Gasteiger partial charge in [-0.15, -0.1) is 0 Å². The molecule has 0 atom stereocenters. The second-order valence-corrected chi connectivity index (χ2v) is 8.43. The number of likely N-dealkylation sites (N-methyl/N-ethyl adjacent to an activating group) is 2. The van der Waals surface area contributed by atoms with E-state index in [9.17, 15) is 14.7 Å². The van der Waals surface area contributed by atoms with Gasteiger partial charge in [0.2, 0.25) is 5.91 Å². The van der Waals surface area contributed by atoms with Gasteiger partial charge in [-0.3, -0.25) is 9.59 Å². The van der Waals surface area contributed by atoms with Crippen molar-refractivity contribution in [2.75, 3.05) is 34.2 Å². The van der Waals surface area contributed by atoms with Crippen LogP contribution < -0.4 is 5.43 Å². The summed E-state index contributed by atoms with van der Waals surface area (Å²) in [4.78, 5) is 28.8. The molecule has 172 valence electrons. The maximum absolute atomic E-state index is 12.7. The molecule has 0 bridgehead atoms. The Hall–Kier alpha value is -3.42. The van der Waals surface area contributed by atoms with E-state index in [0.29, 0.717) is 13.0 Å². The lowest BCUT2D eigenvalue weighted by Crippen LogP contribution is -2.34. The van der Waals surface area contributed by atoms with Crippen molar-refractivity contribution in [3.8, 4) is 5.75 Å². The van der Waals surface area contributed by atoms with Crippen molar-refractivity contribution in [2.45, 2.75) is 6.42 Å². The van der Waals surface area contributed by atoms with Crippen LogP contribution in [-0.2, 0) is 11.2 Å². The number of fused-ring (bicyclic) bond motifs is 1. The molecule has 0 unspecified atom stereocenters. The van der Waals surface area contributed by atoms with Gasteiger partial charge in [0.15, 0.2) is 0 Å². The van der Waals surface area contributed by atoms with Gasteiger partial charge in [0.1, 0.15) is 5.75 Å². The number of hydrogen-bond donors (Lipinski definition) is 2. The number of phenols is 1. The van der Waals surface area contributed by atoms with Crippen LogP contribution in [0, 0.1) is 0 Å². The summed E-state index contributed by atoms with van der Waals surface area (Å²) in [5, 5.41) is 15.6. The number of amides is 2. The van der Waals surface area contributed by atoms with E-state index < -0.39 is 5.91 Å². The third kappa shape index (κ3) is 6.31. The van der Waals surface area contributed by atoms with Crippen LogP contribution in [0.2, 0.25) is 5.02 Å². The van der Waals surface area contributed by atoms with Crippen molar-refractivity contribution >= 4 is 40.4 Å². The van der Waals surface area contributed by atoms with E-state index in [1.54, 1.807) is 11.1 Å². The highest BCUT2D eigenvalue weighted by atomic mass is 35.5. The monoisotopic (exact) mass is 466 g/mol. The van der Waals surface area contributed by atoms with E-state index in [1.807, 2.05) is 62.4 Å². The lowest BCUT2D eigenvalue weighted by Gasteiger charge is -2.20. The van der Waals surface area contributed by atoms with Gasteiger partial charge in [-0.1, -0.05) is 48.0 Å². The molecule has 3 aromatic carbocycles. The molecular formula is C25H27ClN4O3. The van der Waals surface area contributed by atoms with Gasteiger partial charge >= 0.3 is 0 Å². The third-order valence-electron chi connectivity index (χ3n) is 5.28. The van der Waals surface area contributed by atoms with Crippen LogP contribution in [-0.4, -0.2) is 67.2 Å². The van der Waals surface area contributed by atoms with Gasteiger partial charge in [0.25, 0.3) is 5.91 Å². The Balaban J connectivity index is 1.75. The Morgan fingerprint density at radius 2 is 1.76 bits per heavy atom. The summed E-state index contributed by atoms with van der Waals surface area (Å²) < 4.78 is 0. The molecule has 0 spiro atoms. The first kappa shape index (κ1) is 24.2. The highest BCUT2D eigenvalue weighted by Gasteiger charge is 2.13. The minimum atomic E-state index is -0.444. The summed E-state index contributed by atoms with van der Waals surface area (Å²) >= 11 is 5.86.